The zero-order chi connectivity index (χ0) is 12.5. The van der Waals surface area contributed by atoms with Gasteiger partial charge >= 0.3 is 5.97 Å². The lowest BCUT2D eigenvalue weighted by atomic mass is 9.84. The highest BCUT2D eigenvalue weighted by molar-refractivity contribution is 5.87. The Kier molecular flexibility index (Phi) is 3.20. The Balaban J connectivity index is 1.82. The van der Waals surface area contributed by atoms with Gasteiger partial charge in [-0.3, -0.25) is 0 Å². The van der Waals surface area contributed by atoms with Crippen molar-refractivity contribution < 1.29 is 9.90 Å². The molecule has 0 amide bonds. The zero-order valence-electron chi connectivity index (χ0n) is 10.4. The van der Waals surface area contributed by atoms with E-state index in [1.54, 1.807) is 12.1 Å². The van der Waals surface area contributed by atoms with Crippen LogP contribution >= 0.6 is 0 Å². The number of hydrogen-bond donors (Lipinski definition) is 1. The number of carboxylic acid groups (broad SMARTS) is 1. The Bertz CT molecular complexity index is 401. The maximum Gasteiger partial charge on any atom is 0.335 e. The molecule has 1 aromatic rings. The molecule has 1 N–H and O–H groups in total. The fraction of sp³-hybridized carbons (Fsp3) is 0.500. The van der Waals surface area contributed by atoms with E-state index in [1.807, 2.05) is 12.1 Å². The van der Waals surface area contributed by atoms with Crippen LogP contribution in [0.1, 0.15) is 29.8 Å². The van der Waals surface area contributed by atoms with Crippen LogP contribution in [0.3, 0.4) is 0 Å². The summed E-state index contributed by atoms with van der Waals surface area (Å²) in [4.78, 5) is 13.1. The summed E-state index contributed by atoms with van der Waals surface area (Å²) in [6.07, 6.45) is 0.996. The van der Waals surface area contributed by atoms with Crippen molar-refractivity contribution in [2.75, 3.05) is 19.6 Å². The second kappa shape index (κ2) is 4.49. The molecule has 0 bridgehead atoms. The highest BCUT2D eigenvalue weighted by Crippen LogP contribution is 2.28. The van der Waals surface area contributed by atoms with Gasteiger partial charge in [-0.2, -0.15) is 0 Å². The standard InChI is InChI=1S/C14H19NO2/c1-14(2)9-15(10-14)8-7-11-3-5-12(6-4-11)13(16)17/h3-6H,7-10H2,1-2H3,(H,16,17). The van der Waals surface area contributed by atoms with Crippen LogP contribution in [0.15, 0.2) is 24.3 Å². The average Bonchev–Trinajstić information content (AvgIpc) is 2.24. The van der Waals surface area contributed by atoms with Crippen LogP contribution < -0.4 is 0 Å². The first-order chi connectivity index (χ1) is 7.96. The Labute approximate surface area is 102 Å². The van der Waals surface area contributed by atoms with E-state index in [9.17, 15) is 4.79 Å². The normalized spacial score (nSPS) is 18.7. The van der Waals surface area contributed by atoms with E-state index in [1.165, 1.54) is 18.7 Å². The van der Waals surface area contributed by atoms with Crippen LogP contribution in [0.25, 0.3) is 0 Å². The smallest absolute Gasteiger partial charge is 0.335 e. The molecule has 17 heavy (non-hydrogen) atoms. The lowest BCUT2D eigenvalue weighted by Crippen LogP contribution is -2.53. The van der Waals surface area contributed by atoms with E-state index in [4.69, 9.17) is 5.11 Å². The summed E-state index contributed by atoms with van der Waals surface area (Å²) in [5.74, 6) is -0.860. The molecule has 0 radical (unpaired) electrons. The SMILES string of the molecule is CC1(C)CN(CCc2ccc(C(=O)O)cc2)C1. The van der Waals surface area contributed by atoms with Gasteiger partial charge in [0.05, 0.1) is 5.56 Å². The number of nitrogens with zero attached hydrogens (tertiary/aromatic N) is 1. The molecule has 3 nitrogen and oxygen atoms in total. The van der Waals surface area contributed by atoms with E-state index in [-0.39, 0.29) is 0 Å². The van der Waals surface area contributed by atoms with Gasteiger partial charge in [0, 0.05) is 19.6 Å². The molecule has 2 rings (SSSR count). The Morgan fingerprint density at radius 1 is 1.29 bits per heavy atom. The van der Waals surface area contributed by atoms with Crippen LogP contribution in [0.5, 0.6) is 0 Å². The maximum atomic E-state index is 10.7. The Morgan fingerprint density at radius 3 is 2.35 bits per heavy atom. The van der Waals surface area contributed by atoms with Gasteiger partial charge in [0.1, 0.15) is 0 Å². The fourth-order valence-corrected chi connectivity index (χ4v) is 2.42. The van der Waals surface area contributed by atoms with Gasteiger partial charge in [-0.25, -0.2) is 4.79 Å². The largest absolute Gasteiger partial charge is 0.478 e. The summed E-state index contributed by atoms with van der Waals surface area (Å²) in [5, 5.41) is 8.79. The van der Waals surface area contributed by atoms with Gasteiger partial charge in [-0.1, -0.05) is 26.0 Å². The monoisotopic (exact) mass is 233 g/mol. The molecule has 0 spiro atoms. The molecule has 0 aliphatic carbocycles. The number of rotatable bonds is 4. The number of carbonyl (C=O) groups is 1. The summed E-state index contributed by atoms with van der Waals surface area (Å²) in [6.45, 7) is 7.96. The summed E-state index contributed by atoms with van der Waals surface area (Å²) in [7, 11) is 0. The minimum atomic E-state index is -0.860. The van der Waals surface area contributed by atoms with Crippen LogP contribution in [0.2, 0.25) is 0 Å². The van der Waals surface area contributed by atoms with Crippen molar-refractivity contribution in [2.24, 2.45) is 5.41 Å². The van der Waals surface area contributed by atoms with Crippen molar-refractivity contribution in [3.8, 4) is 0 Å². The van der Waals surface area contributed by atoms with Crippen molar-refractivity contribution in [2.45, 2.75) is 20.3 Å². The first kappa shape index (κ1) is 12.1. The third kappa shape index (κ3) is 3.07. The van der Waals surface area contributed by atoms with Crippen molar-refractivity contribution >= 4 is 5.97 Å². The van der Waals surface area contributed by atoms with Crippen molar-refractivity contribution in [1.82, 2.24) is 4.90 Å². The van der Waals surface area contributed by atoms with Crippen LogP contribution in [0, 0.1) is 5.41 Å². The zero-order valence-corrected chi connectivity index (χ0v) is 10.4. The predicted molar refractivity (Wildman–Crippen MR) is 67.3 cm³/mol. The lowest BCUT2D eigenvalue weighted by molar-refractivity contribution is 0.0325. The summed E-state index contributed by atoms with van der Waals surface area (Å²) < 4.78 is 0. The van der Waals surface area contributed by atoms with Gasteiger partial charge in [-0.15, -0.1) is 0 Å². The highest BCUT2D eigenvalue weighted by Gasteiger charge is 2.33. The number of benzene rings is 1. The molecule has 0 aromatic heterocycles. The molecule has 1 saturated heterocycles. The highest BCUT2D eigenvalue weighted by atomic mass is 16.4. The molecule has 0 saturated carbocycles. The average molecular weight is 233 g/mol. The summed E-state index contributed by atoms with van der Waals surface area (Å²) in [6, 6.07) is 7.18. The second-order valence-electron chi connectivity index (χ2n) is 5.63. The van der Waals surface area contributed by atoms with Crippen LogP contribution in [-0.4, -0.2) is 35.6 Å². The van der Waals surface area contributed by atoms with Crippen LogP contribution in [0.4, 0.5) is 0 Å². The second-order valence-corrected chi connectivity index (χ2v) is 5.63. The molecule has 0 atom stereocenters. The van der Waals surface area contributed by atoms with Gasteiger partial charge in [-0.05, 0) is 29.5 Å². The third-order valence-corrected chi connectivity index (χ3v) is 3.22. The molecule has 0 unspecified atom stereocenters. The van der Waals surface area contributed by atoms with Gasteiger partial charge in [0.15, 0.2) is 0 Å². The third-order valence-electron chi connectivity index (χ3n) is 3.22. The van der Waals surface area contributed by atoms with Gasteiger partial charge in [0.2, 0.25) is 0 Å². The van der Waals surface area contributed by atoms with Gasteiger partial charge < -0.3 is 10.0 Å². The quantitative estimate of drug-likeness (QED) is 0.867. The molecule has 3 heteroatoms. The first-order valence-corrected chi connectivity index (χ1v) is 6.01. The van der Waals surface area contributed by atoms with Crippen molar-refractivity contribution in [1.29, 1.82) is 0 Å². The molecule has 1 fully saturated rings. The number of aromatic carboxylic acids is 1. The Morgan fingerprint density at radius 2 is 1.88 bits per heavy atom. The van der Waals surface area contributed by atoms with E-state index in [2.05, 4.69) is 18.7 Å². The molecule has 1 aliphatic heterocycles. The fourth-order valence-electron chi connectivity index (χ4n) is 2.42. The molecule has 1 heterocycles. The number of likely N-dealkylation sites (tertiary alicyclic amines) is 1. The minimum absolute atomic E-state index is 0.360. The van der Waals surface area contributed by atoms with E-state index in [0.29, 0.717) is 11.0 Å². The lowest BCUT2D eigenvalue weighted by Gasteiger charge is -2.46. The summed E-state index contributed by atoms with van der Waals surface area (Å²) in [5.41, 5.74) is 2.05. The molecule has 92 valence electrons. The predicted octanol–water partition coefficient (Wildman–Crippen LogP) is 2.27. The minimum Gasteiger partial charge on any atom is -0.478 e. The topological polar surface area (TPSA) is 40.5 Å². The Hall–Kier alpha value is -1.35. The molecular weight excluding hydrogens is 214 g/mol. The van der Waals surface area contributed by atoms with E-state index in [0.717, 1.165) is 13.0 Å². The molecule has 1 aromatic carbocycles. The first-order valence-electron chi connectivity index (χ1n) is 6.01. The van der Waals surface area contributed by atoms with Gasteiger partial charge in [0.25, 0.3) is 0 Å². The maximum absolute atomic E-state index is 10.7. The van der Waals surface area contributed by atoms with E-state index >= 15 is 0 Å². The molecular formula is C14H19NO2. The van der Waals surface area contributed by atoms with E-state index < -0.39 is 5.97 Å². The number of carboxylic acids is 1. The molecule has 1 aliphatic rings. The summed E-state index contributed by atoms with van der Waals surface area (Å²) >= 11 is 0. The van der Waals surface area contributed by atoms with Crippen molar-refractivity contribution in [3.63, 3.8) is 0 Å². The van der Waals surface area contributed by atoms with Crippen LogP contribution in [-0.2, 0) is 6.42 Å². The number of hydrogen-bond acceptors (Lipinski definition) is 2. The van der Waals surface area contributed by atoms with Crippen molar-refractivity contribution in [3.05, 3.63) is 35.4 Å².